The monoisotopic (exact) mass is 637 g/mol. The zero-order valence-electron chi connectivity index (χ0n) is 22.1. The van der Waals surface area contributed by atoms with Crippen LogP contribution in [-0.4, -0.2) is 33.3 Å². The number of anilines is 1. The third-order valence-electron chi connectivity index (χ3n) is 6.37. The maximum Gasteiger partial charge on any atom is 0.312 e. The number of para-hydroxylation sites is 3. The molecule has 4 aromatic carbocycles. The number of benzene rings is 4. The van der Waals surface area contributed by atoms with E-state index in [1.807, 2.05) is 24.3 Å². The van der Waals surface area contributed by atoms with E-state index in [9.17, 15) is 19.7 Å². The van der Waals surface area contributed by atoms with Crippen molar-refractivity contribution in [3.8, 4) is 17.3 Å². The molecule has 0 aliphatic heterocycles. The number of nitrogens with one attached hydrogen (secondary N) is 1. The van der Waals surface area contributed by atoms with Crippen LogP contribution in [-0.2, 0) is 4.79 Å². The summed E-state index contributed by atoms with van der Waals surface area (Å²) < 4.78 is 12.8. The third kappa shape index (κ3) is 5.76. The van der Waals surface area contributed by atoms with Crippen molar-refractivity contribution in [1.82, 2.24) is 9.66 Å². The Bertz CT molecular complexity index is 2070. The zero-order valence-corrected chi connectivity index (χ0v) is 23.7. The van der Waals surface area contributed by atoms with Gasteiger partial charge in [-0.15, -0.1) is 0 Å². The van der Waals surface area contributed by atoms with E-state index >= 15 is 0 Å². The Morgan fingerprint density at radius 2 is 1.79 bits per heavy atom. The van der Waals surface area contributed by atoms with Gasteiger partial charge in [0.05, 0.1) is 26.5 Å². The molecule has 1 amide bonds. The number of rotatable bonds is 8. The predicted molar refractivity (Wildman–Crippen MR) is 166 cm³/mol. The summed E-state index contributed by atoms with van der Waals surface area (Å²) in [5.41, 5.74) is 1.08. The van der Waals surface area contributed by atoms with Crippen molar-refractivity contribution >= 4 is 61.3 Å². The van der Waals surface area contributed by atoms with E-state index in [0.29, 0.717) is 27.9 Å². The lowest BCUT2D eigenvalue weighted by Gasteiger charge is -2.10. The largest absolute Gasteiger partial charge is 0.476 e. The number of carbonyl (C=O) groups excluding carboxylic acids is 1. The summed E-state index contributed by atoms with van der Waals surface area (Å²) in [5.74, 6) is -0.128. The average molecular weight is 638 g/mol. The fraction of sp³-hybridized carbons (Fsp3) is 0.0323. The van der Waals surface area contributed by atoms with Gasteiger partial charge in [-0.05, 0) is 58.4 Å². The molecule has 0 unspecified atom stereocenters. The molecular formula is C31H20BrN5O6. The number of nitro groups is 1. The summed E-state index contributed by atoms with van der Waals surface area (Å²) in [6.45, 7) is -0.458. The molecule has 212 valence electrons. The van der Waals surface area contributed by atoms with Gasteiger partial charge in [0.15, 0.2) is 12.4 Å². The molecular weight excluding hydrogens is 618 g/mol. The molecule has 2 heterocycles. The van der Waals surface area contributed by atoms with Crippen LogP contribution < -0.4 is 15.6 Å². The van der Waals surface area contributed by atoms with E-state index in [0.717, 1.165) is 10.1 Å². The molecule has 11 nitrogen and oxygen atoms in total. The first-order chi connectivity index (χ1) is 20.9. The van der Waals surface area contributed by atoms with E-state index in [4.69, 9.17) is 9.15 Å². The highest BCUT2D eigenvalue weighted by molar-refractivity contribution is 9.10. The molecule has 6 aromatic rings. The van der Waals surface area contributed by atoms with Crippen LogP contribution in [0.5, 0.6) is 5.75 Å². The summed E-state index contributed by atoms with van der Waals surface area (Å²) in [4.78, 5) is 41.8. The average Bonchev–Trinajstić information content (AvgIpc) is 3.44. The SMILES string of the molecule is O=C(COc1c(Br)cc(C=Nn2c(-c3cc4ccccc4o3)nc3ccccc3c2=O)cc1[N+](=O)[O-])Nc1ccccc1. The summed E-state index contributed by atoms with van der Waals surface area (Å²) in [5, 5.41) is 20.1. The first-order valence-corrected chi connectivity index (χ1v) is 13.7. The Hall–Kier alpha value is -5.62. The van der Waals surface area contributed by atoms with Crippen LogP contribution in [0.25, 0.3) is 33.5 Å². The van der Waals surface area contributed by atoms with Crippen LogP contribution >= 0.6 is 15.9 Å². The molecule has 0 atom stereocenters. The molecule has 0 aliphatic carbocycles. The summed E-state index contributed by atoms with van der Waals surface area (Å²) in [7, 11) is 0. The lowest BCUT2D eigenvalue weighted by Crippen LogP contribution is -2.20. The summed E-state index contributed by atoms with van der Waals surface area (Å²) >= 11 is 3.31. The molecule has 0 fully saturated rings. The van der Waals surface area contributed by atoms with Gasteiger partial charge in [0.1, 0.15) is 5.58 Å². The Balaban J connectivity index is 1.35. The standard InChI is InChI=1S/C31H20BrN5O6/c32-23-14-19(15-25(37(40)41)29(23)42-18-28(38)34-21-9-2-1-3-10-21)17-33-36-30(27-16-20-8-4-7-13-26(20)43-27)35-24-12-6-5-11-22(24)31(36)39/h1-17H,18H2,(H,34,38). The Morgan fingerprint density at radius 1 is 1.05 bits per heavy atom. The van der Waals surface area contributed by atoms with Gasteiger partial charge in [-0.2, -0.15) is 9.78 Å². The first-order valence-electron chi connectivity index (χ1n) is 12.9. The number of hydrogen-bond donors (Lipinski definition) is 1. The lowest BCUT2D eigenvalue weighted by atomic mass is 10.2. The number of aromatic nitrogens is 2. The Morgan fingerprint density at radius 3 is 2.58 bits per heavy atom. The normalized spacial score (nSPS) is 11.3. The van der Waals surface area contributed by atoms with E-state index in [1.54, 1.807) is 60.7 Å². The number of fused-ring (bicyclic) bond motifs is 2. The zero-order chi connectivity index (χ0) is 29.9. The van der Waals surface area contributed by atoms with Crippen molar-refractivity contribution in [3.63, 3.8) is 0 Å². The molecule has 0 saturated carbocycles. The van der Waals surface area contributed by atoms with Gasteiger partial charge in [0.2, 0.25) is 11.6 Å². The van der Waals surface area contributed by atoms with E-state index in [1.165, 1.54) is 18.3 Å². The summed E-state index contributed by atoms with van der Waals surface area (Å²) in [6.07, 6.45) is 1.30. The fourth-order valence-electron chi connectivity index (χ4n) is 4.42. The van der Waals surface area contributed by atoms with E-state index < -0.39 is 28.7 Å². The van der Waals surface area contributed by atoms with Gasteiger partial charge in [0, 0.05) is 22.7 Å². The maximum absolute atomic E-state index is 13.5. The van der Waals surface area contributed by atoms with Crippen molar-refractivity contribution in [3.05, 3.63) is 128 Å². The van der Waals surface area contributed by atoms with Crippen LogP contribution in [0.1, 0.15) is 5.56 Å². The van der Waals surface area contributed by atoms with Crippen LogP contribution in [0.15, 0.2) is 116 Å². The number of amides is 1. The molecule has 0 aliphatic rings. The molecule has 0 bridgehead atoms. The molecule has 0 saturated heterocycles. The second kappa shape index (κ2) is 11.7. The first kappa shape index (κ1) is 27.5. The van der Waals surface area contributed by atoms with Crippen LogP contribution in [0.2, 0.25) is 0 Å². The van der Waals surface area contributed by atoms with Crippen molar-refractivity contribution in [2.75, 3.05) is 11.9 Å². The van der Waals surface area contributed by atoms with Gasteiger partial charge in [-0.1, -0.05) is 48.5 Å². The number of nitro benzene ring substituents is 1. The third-order valence-corrected chi connectivity index (χ3v) is 6.96. The maximum atomic E-state index is 13.5. The highest BCUT2D eigenvalue weighted by Gasteiger charge is 2.22. The molecule has 2 aromatic heterocycles. The number of ether oxygens (including phenoxy) is 1. The minimum absolute atomic E-state index is 0.127. The topological polar surface area (TPSA) is 142 Å². The van der Waals surface area contributed by atoms with Gasteiger partial charge >= 0.3 is 5.69 Å². The molecule has 1 N–H and O–H groups in total. The number of hydrogen-bond acceptors (Lipinski definition) is 8. The molecule has 12 heteroatoms. The molecule has 0 radical (unpaired) electrons. The van der Waals surface area contributed by atoms with Crippen molar-refractivity contribution in [1.29, 1.82) is 0 Å². The molecule has 0 spiro atoms. The van der Waals surface area contributed by atoms with Crippen molar-refractivity contribution in [2.24, 2.45) is 5.10 Å². The second-order valence-corrected chi connectivity index (χ2v) is 10.1. The van der Waals surface area contributed by atoms with Gasteiger partial charge in [0.25, 0.3) is 11.5 Å². The number of furan rings is 1. The van der Waals surface area contributed by atoms with Gasteiger partial charge in [-0.25, -0.2) is 4.98 Å². The van der Waals surface area contributed by atoms with Crippen LogP contribution in [0, 0.1) is 10.1 Å². The van der Waals surface area contributed by atoms with Gasteiger partial charge in [-0.3, -0.25) is 19.7 Å². The van der Waals surface area contributed by atoms with E-state index in [-0.39, 0.29) is 21.6 Å². The Kier molecular flexibility index (Phi) is 7.50. The number of carbonyl (C=O) groups is 1. The van der Waals surface area contributed by atoms with Crippen LogP contribution in [0.3, 0.4) is 0 Å². The van der Waals surface area contributed by atoms with Crippen molar-refractivity contribution < 1.29 is 18.9 Å². The quantitative estimate of drug-likeness (QED) is 0.116. The second-order valence-electron chi connectivity index (χ2n) is 9.27. The number of halogens is 1. The lowest BCUT2D eigenvalue weighted by molar-refractivity contribution is -0.385. The van der Waals surface area contributed by atoms with Gasteiger partial charge < -0.3 is 14.5 Å². The Labute approximate surface area is 251 Å². The molecule has 43 heavy (non-hydrogen) atoms. The highest BCUT2D eigenvalue weighted by Crippen LogP contribution is 2.36. The minimum atomic E-state index is -0.629. The fourth-order valence-corrected chi connectivity index (χ4v) is 5.00. The highest BCUT2D eigenvalue weighted by atomic mass is 79.9. The number of nitrogens with zero attached hydrogens (tertiary/aromatic N) is 4. The predicted octanol–water partition coefficient (Wildman–Crippen LogP) is 6.38. The smallest absolute Gasteiger partial charge is 0.312 e. The van der Waals surface area contributed by atoms with Crippen molar-refractivity contribution in [2.45, 2.75) is 0 Å². The summed E-state index contributed by atoms with van der Waals surface area (Å²) in [6, 6.07) is 27.5. The van der Waals surface area contributed by atoms with Crippen LogP contribution in [0.4, 0.5) is 11.4 Å². The minimum Gasteiger partial charge on any atom is -0.476 e. The van der Waals surface area contributed by atoms with E-state index in [2.05, 4.69) is 31.3 Å². The molecule has 6 rings (SSSR count).